The lowest BCUT2D eigenvalue weighted by Crippen LogP contribution is -2.23. The molecule has 0 unspecified atom stereocenters. The van der Waals surface area contributed by atoms with E-state index in [9.17, 15) is 32.9 Å². The Kier molecular flexibility index (Phi) is 5.53. The molecule has 2 aromatic rings. The predicted molar refractivity (Wildman–Crippen MR) is 95.5 cm³/mol. The van der Waals surface area contributed by atoms with Crippen molar-refractivity contribution in [3.05, 3.63) is 68.8 Å². The van der Waals surface area contributed by atoms with Gasteiger partial charge in [-0.25, -0.2) is 4.79 Å². The molecule has 1 aliphatic carbocycles. The normalized spacial score (nSPS) is 12.9. The molecule has 0 heterocycles. The van der Waals surface area contributed by atoms with Crippen LogP contribution in [0.2, 0.25) is 0 Å². The number of carbonyl (C=O) groups is 2. The monoisotopic (exact) mass is 408 g/mol. The van der Waals surface area contributed by atoms with E-state index >= 15 is 0 Å². The van der Waals surface area contributed by atoms with Gasteiger partial charge in [0.2, 0.25) is 0 Å². The number of nitrogens with one attached hydrogen (secondary N) is 1. The highest BCUT2D eigenvalue weighted by atomic mass is 19.4. The molecular formula is C19H15F3N2O5. The van der Waals surface area contributed by atoms with Crippen LogP contribution in [0.5, 0.6) is 0 Å². The van der Waals surface area contributed by atoms with E-state index < -0.39 is 46.5 Å². The van der Waals surface area contributed by atoms with E-state index in [4.69, 9.17) is 4.74 Å². The molecule has 0 aliphatic heterocycles. The minimum Gasteiger partial charge on any atom is -0.452 e. The third kappa shape index (κ3) is 4.71. The summed E-state index contributed by atoms with van der Waals surface area (Å²) < 4.78 is 44.3. The van der Waals surface area contributed by atoms with Crippen LogP contribution in [0.15, 0.2) is 36.4 Å². The first-order valence-electron chi connectivity index (χ1n) is 8.59. The van der Waals surface area contributed by atoms with Crippen molar-refractivity contribution >= 4 is 23.3 Å². The summed E-state index contributed by atoms with van der Waals surface area (Å²) in [5.74, 6) is -1.77. The van der Waals surface area contributed by atoms with Gasteiger partial charge >= 0.3 is 12.1 Å². The standard InChI is InChI=1S/C19H15F3N2O5/c20-19(21,22)15-9-14(24(27)28)6-7-16(15)23-17(25)10-29-18(26)13-5-4-11-2-1-3-12(11)8-13/h4-9H,1-3,10H2,(H,23,25). The molecule has 0 fully saturated rings. The lowest BCUT2D eigenvalue weighted by molar-refractivity contribution is -0.385. The quantitative estimate of drug-likeness (QED) is 0.460. The van der Waals surface area contributed by atoms with Crippen LogP contribution in [0, 0.1) is 10.1 Å². The second-order valence-electron chi connectivity index (χ2n) is 6.45. The summed E-state index contributed by atoms with van der Waals surface area (Å²) >= 11 is 0. The number of ether oxygens (including phenoxy) is 1. The number of esters is 1. The van der Waals surface area contributed by atoms with E-state index in [-0.39, 0.29) is 5.56 Å². The van der Waals surface area contributed by atoms with Crippen molar-refractivity contribution in [1.82, 2.24) is 0 Å². The Hall–Kier alpha value is -3.43. The number of fused-ring (bicyclic) bond motifs is 1. The van der Waals surface area contributed by atoms with Gasteiger partial charge in [0.05, 0.1) is 21.7 Å². The van der Waals surface area contributed by atoms with Gasteiger partial charge in [0.25, 0.3) is 11.6 Å². The number of nitro benzene ring substituents is 1. The van der Waals surface area contributed by atoms with Gasteiger partial charge in [-0.3, -0.25) is 14.9 Å². The van der Waals surface area contributed by atoms with Gasteiger partial charge in [-0.2, -0.15) is 13.2 Å². The Bertz CT molecular complexity index is 988. The molecular weight excluding hydrogens is 393 g/mol. The van der Waals surface area contributed by atoms with Crippen LogP contribution in [0.3, 0.4) is 0 Å². The molecule has 152 valence electrons. The molecule has 1 amide bonds. The molecule has 1 aliphatic rings. The van der Waals surface area contributed by atoms with Crippen LogP contribution in [0.1, 0.15) is 33.5 Å². The molecule has 1 N–H and O–H groups in total. The minimum atomic E-state index is -4.92. The number of aryl methyl sites for hydroxylation is 2. The molecule has 0 aromatic heterocycles. The fourth-order valence-corrected chi connectivity index (χ4v) is 3.09. The van der Waals surface area contributed by atoms with Gasteiger partial charge < -0.3 is 10.1 Å². The first kappa shape index (κ1) is 20.3. The summed E-state index contributed by atoms with van der Waals surface area (Å²) in [7, 11) is 0. The Labute approximate surface area is 162 Å². The molecule has 10 heteroatoms. The third-order valence-electron chi connectivity index (χ3n) is 4.46. The molecule has 0 radical (unpaired) electrons. The molecule has 0 atom stereocenters. The largest absolute Gasteiger partial charge is 0.452 e. The van der Waals surface area contributed by atoms with Crippen LogP contribution in [0.4, 0.5) is 24.5 Å². The maximum absolute atomic E-state index is 13.1. The van der Waals surface area contributed by atoms with E-state index in [1.807, 2.05) is 11.4 Å². The zero-order chi connectivity index (χ0) is 21.2. The Morgan fingerprint density at radius 1 is 1.10 bits per heavy atom. The fourth-order valence-electron chi connectivity index (χ4n) is 3.09. The number of amides is 1. The number of anilines is 1. The maximum Gasteiger partial charge on any atom is 0.418 e. The van der Waals surface area contributed by atoms with Crippen LogP contribution in [0.25, 0.3) is 0 Å². The van der Waals surface area contributed by atoms with Crippen molar-refractivity contribution in [3.8, 4) is 0 Å². The number of non-ortho nitro benzene ring substituents is 1. The van der Waals surface area contributed by atoms with Crippen LogP contribution in [-0.2, 0) is 28.5 Å². The molecule has 0 saturated heterocycles. The lowest BCUT2D eigenvalue weighted by atomic mass is 10.1. The Morgan fingerprint density at radius 3 is 2.52 bits per heavy atom. The van der Waals surface area contributed by atoms with Gasteiger partial charge in [0, 0.05) is 12.1 Å². The second kappa shape index (κ2) is 7.90. The van der Waals surface area contributed by atoms with E-state index in [0.717, 1.165) is 42.5 Å². The minimum absolute atomic E-state index is 0.254. The number of carbonyl (C=O) groups excluding carboxylic acids is 2. The average Bonchev–Trinajstić information content (AvgIpc) is 3.13. The molecule has 3 rings (SSSR count). The van der Waals surface area contributed by atoms with E-state index in [0.29, 0.717) is 6.07 Å². The highest BCUT2D eigenvalue weighted by Crippen LogP contribution is 2.37. The molecule has 0 bridgehead atoms. The number of alkyl halides is 3. The van der Waals surface area contributed by atoms with Crippen LogP contribution >= 0.6 is 0 Å². The van der Waals surface area contributed by atoms with Gasteiger partial charge in [-0.1, -0.05) is 6.07 Å². The van der Waals surface area contributed by atoms with Crippen molar-refractivity contribution in [1.29, 1.82) is 0 Å². The smallest absolute Gasteiger partial charge is 0.418 e. The molecule has 0 saturated carbocycles. The summed E-state index contributed by atoms with van der Waals surface area (Å²) in [5.41, 5.74) is -0.364. The molecule has 7 nitrogen and oxygen atoms in total. The summed E-state index contributed by atoms with van der Waals surface area (Å²) in [5, 5.41) is 12.7. The number of nitro groups is 1. The fraction of sp³-hybridized carbons (Fsp3) is 0.263. The number of nitrogens with zero attached hydrogens (tertiary/aromatic N) is 1. The van der Waals surface area contributed by atoms with Gasteiger partial charge in [0.15, 0.2) is 6.61 Å². The summed E-state index contributed by atoms with van der Waals surface area (Å²) in [6.45, 7) is -0.801. The Balaban J connectivity index is 1.66. The van der Waals surface area contributed by atoms with E-state index in [2.05, 4.69) is 0 Å². The van der Waals surface area contributed by atoms with Crippen molar-refractivity contribution < 1.29 is 32.4 Å². The summed E-state index contributed by atoms with van der Waals surface area (Å²) in [6, 6.07) is 7.00. The van der Waals surface area contributed by atoms with Crippen LogP contribution in [-0.4, -0.2) is 23.4 Å². The highest BCUT2D eigenvalue weighted by molar-refractivity contribution is 5.96. The van der Waals surface area contributed by atoms with Crippen LogP contribution < -0.4 is 5.32 Å². The van der Waals surface area contributed by atoms with E-state index in [1.165, 1.54) is 0 Å². The third-order valence-corrected chi connectivity index (χ3v) is 4.46. The summed E-state index contributed by atoms with van der Waals surface area (Å²) in [4.78, 5) is 33.8. The molecule has 2 aromatic carbocycles. The maximum atomic E-state index is 13.1. The second-order valence-corrected chi connectivity index (χ2v) is 6.45. The number of halogens is 3. The van der Waals surface area contributed by atoms with Crippen molar-refractivity contribution in [2.24, 2.45) is 0 Å². The topological polar surface area (TPSA) is 98.5 Å². The predicted octanol–water partition coefficient (Wildman–Crippen LogP) is 3.90. The Morgan fingerprint density at radius 2 is 1.83 bits per heavy atom. The number of hydrogen-bond acceptors (Lipinski definition) is 5. The number of benzene rings is 2. The van der Waals surface area contributed by atoms with Crippen molar-refractivity contribution in [3.63, 3.8) is 0 Å². The number of rotatable bonds is 5. The highest BCUT2D eigenvalue weighted by Gasteiger charge is 2.35. The SMILES string of the molecule is O=C(COC(=O)c1ccc2c(c1)CCC2)Nc1ccc([N+](=O)[O-])cc1C(F)(F)F. The number of hydrogen-bond donors (Lipinski definition) is 1. The average molecular weight is 408 g/mol. The first-order chi connectivity index (χ1) is 13.6. The van der Waals surface area contributed by atoms with Crippen molar-refractivity contribution in [2.45, 2.75) is 25.4 Å². The van der Waals surface area contributed by atoms with E-state index in [1.54, 1.807) is 12.1 Å². The zero-order valence-electron chi connectivity index (χ0n) is 14.9. The summed E-state index contributed by atoms with van der Waals surface area (Å²) in [6.07, 6.45) is -2.15. The first-order valence-corrected chi connectivity index (χ1v) is 8.59. The molecule has 29 heavy (non-hydrogen) atoms. The van der Waals surface area contributed by atoms with Crippen molar-refractivity contribution in [2.75, 3.05) is 11.9 Å². The van der Waals surface area contributed by atoms with Gasteiger partial charge in [0.1, 0.15) is 0 Å². The molecule has 0 spiro atoms. The lowest BCUT2D eigenvalue weighted by Gasteiger charge is -2.13. The van der Waals surface area contributed by atoms with Gasteiger partial charge in [-0.15, -0.1) is 0 Å². The van der Waals surface area contributed by atoms with Gasteiger partial charge in [-0.05, 0) is 48.6 Å². The zero-order valence-corrected chi connectivity index (χ0v) is 14.9.